The Morgan fingerprint density at radius 3 is 1.73 bits per heavy atom. The number of carbonyl (C=O) groups is 2. The van der Waals surface area contributed by atoms with E-state index in [2.05, 4.69) is 6.92 Å². The van der Waals surface area contributed by atoms with Gasteiger partial charge in [0.1, 0.15) is 47.3 Å². The zero-order valence-corrected chi connectivity index (χ0v) is 44.7. The van der Waals surface area contributed by atoms with Crippen LogP contribution in [0.5, 0.6) is 0 Å². The van der Waals surface area contributed by atoms with Crippen LogP contribution in [0.2, 0.25) is 0 Å². The Kier molecular flexibility index (Phi) is 16.4. The van der Waals surface area contributed by atoms with Gasteiger partial charge in [-0.3, -0.25) is 4.79 Å². The fraction of sp³-hybridized carbons (Fsp3) is 0.818. The topological polar surface area (TPSA) is 246 Å². The van der Waals surface area contributed by atoms with Crippen molar-refractivity contribution < 1.29 is 92.0 Å². The minimum atomic E-state index is -2.05. The highest BCUT2D eigenvalue weighted by molar-refractivity contribution is 5.90. The van der Waals surface area contributed by atoms with Gasteiger partial charge < -0.3 is 82.4 Å². The summed E-state index contributed by atoms with van der Waals surface area (Å²) < 4.78 is 74.7. The van der Waals surface area contributed by atoms with Crippen molar-refractivity contribution >= 4 is 11.8 Å². The molecule has 24 unspecified atom stereocenters. The van der Waals surface area contributed by atoms with E-state index in [0.717, 1.165) is 5.57 Å². The molecular formula is C55H82O19. The zero-order chi connectivity index (χ0) is 53.3. The number of benzene rings is 1. The van der Waals surface area contributed by atoms with Gasteiger partial charge in [-0.2, -0.15) is 0 Å². The molecule has 8 aliphatic rings. The summed E-state index contributed by atoms with van der Waals surface area (Å²) in [5.41, 5.74) is -6.80. The number of carbonyl (C=O) groups excluding carboxylic acids is 2. The molecular weight excluding hydrogens is 965 g/mol. The van der Waals surface area contributed by atoms with Crippen LogP contribution < -0.4 is 0 Å². The minimum absolute atomic E-state index is 0.0561. The number of hydrogen-bond donors (Lipinski definition) is 5. The first-order chi connectivity index (χ1) is 35.0. The predicted octanol–water partition coefficient (Wildman–Crippen LogP) is 4.18. The molecule has 24 atom stereocenters. The summed E-state index contributed by atoms with van der Waals surface area (Å²) in [5.74, 6) is -1.79. The number of aliphatic hydroxyl groups is 5. The third-order valence-electron chi connectivity index (χ3n) is 19.1. The maximum atomic E-state index is 13.7. The number of fused-ring (bicyclic) bond motifs is 5. The van der Waals surface area contributed by atoms with E-state index < -0.39 is 144 Å². The molecule has 4 aliphatic heterocycles. The molecule has 4 saturated heterocycles. The quantitative estimate of drug-likeness (QED) is 0.130. The molecule has 0 aromatic heterocycles. The Hall–Kier alpha value is -2.54. The van der Waals surface area contributed by atoms with Gasteiger partial charge in [-0.25, -0.2) is 4.79 Å². The average Bonchev–Trinajstić information content (AvgIpc) is 3.60. The van der Waals surface area contributed by atoms with E-state index in [1.165, 1.54) is 6.92 Å². The lowest BCUT2D eigenvalue weighted by molar-refractivity contribution is -0.346. The summed E-state index contributed by atoms with van der Waals surface area (Å²) in [7, 11) is 4.78. The maximum absolute atomic E-state index is 13.7. The van der Waals surface area contributed by atoms with Gasteiger partial charge in [0.2, 0.25) is 0 Å². The van der Waals surface area contributed by atoms with Crippen molar-refractivity contribution in [2.75, 3.05) is 21.3 Å². The van der Waals surface area contributed by atoms with Crippen molar-refractivity contribution in [3.63, 3.8) is 0 Å². The Morgan fingerprint density at radius 2 is 1.18 bits per heavy atom. The molecule has 7 fully saturated rings. The standard InChI is InChI=1S/C55H82O19/c1-28-46(58)37(63-8)24-43(66-28)73-48-31(4)69-45(26-39(48)65-10)74-49-30(3)68-44(25-38(49)64-9)72-47-29(2)67-42(23-36(47)57)70-35-17-18-51(6)34(22-35)16-19-54(61)40(51)27-41(71-50(59)33-14-12-11-13-15-33)52(7)53(60,32(5)56)20-21-55(52,54)62/h11-16,28-31,35-49,57-58,60-62H,17-27H2,1-10H3. The van der Waals surface area contributed by atoms with Gasteiger partial charge in [-0.05, 0) is 104 Å². The van der Waals surface area contributed by atoms with Gasteiger partial charge in [0.25, 0.3) is 0 Å². The van der Waals surface area contributed by atoms with E-state index in [1.54, 1.807) is 65.5 Å². The van der Waals surface area contributed by atoms with Crippen LogP contribution in [0, 0.1) is 16.7 Å². The van der Waals surface area contributed by atoms with E-state index in [1.807, 2.05) is 26.8 Å². The van der Waals surface area contributed by atoms with Crippen LogP contribution in [0.1, 0.15) is 129 Å². The lowest BCUT2D eigenvalue weighted by Crippen LogP contribution is -2.78. The first kappa shape index (κ1) is 56.2. The highest BCUT2D eigenvalue weighted by Gasteiger charge is 2.81. The molecule has 1 aromatic carbocycles. The van der Waals surface area contributed by atoms with Crippen molar-refractivity contribution in [1.82, 2.24) is 0 Å². The van der Waals surface area contributed by atoms with E-state index in [4.69, 9.17) is 56.8 Å². The molecule has 0 radical (unpaired) electrons. The molecule has 4 heterocycles. The molecule has 74 heavy (non-hydrogen) atoms. The fourth-order valence-corrected chi connectivity index (χ4v) is 14.6. The molecule has 3 saturated carbocycles. The second kappa shape index (κ2) is 21.6. The number of ether oxygens (including phenoxy) is 12. The smallest absolute Gasteiger partial charge is 0.338 e. The summed E-state index contributed by atoms with van der Waals surface area (Å²) in [4.78, 5) is 27.0. The normalized spacial score (nSPS) is 49.4. The molecule has 0 amide bonds. The van der Waals surface area contributed by atoms with Crippen molar-refractivity contribution in [1.29, 1.82) is 0 Å². The lowest BCUT2D eigenvalue weighted by Gasteiger charge is -2.67. The highest BCUT2D eigenvalue weighted by Crippen LogP contribution is 2.71. The van der Waals surface area contributed by atoms with E-state index >= 15 is 0 Å². The number of rotatable bonds is 14. The molecule has 416 valence electrons. The largest absolute Gasteiger partial charge is 0.458 e. The summed E-state index contributed by atoms with van der Waals surface area (Å²) in [6.45, 7) is 12.3. The first-order valence-electron chi connectivity index (χ1n) is 26.9. The molecule has 0 bridgehead atoms. The van der Waals surface area contributed by atoms with E-state index in [9.17, 15) is 35.1 Å². The van der Waals surface area contributed by atoms with Crippen molar-refractivity contribution in [2.45, 2.75) is 247 Å². The molecule has 19 nitrogen and oxygen atoms in total. The molecule has 4 aliphatic carbocycles. The van der Waals surface area contributed by atoms with Crippen LogP contribution in [0.15, 0.2) is 42.0 Å². The van der Waals surface area contributed by atoms with E-state index in [-0.39, 0.29) is 44.3 Å². The van der Waals surface area contributed by atoms with Gasteiger partial charge in [0.05, 0.1) is 65.9 Å². The summed E-state index contributed by atoms with van der Waals surface area (Å²) >= 11 is 0. The van der Waals surface area contributed by atoms with Crippen molar-refractivity contribution in [3.05, 3.63) is 47.5 Å². The second-order valence-corrected chi connectivity index (χ2v) is 23.0. The summed E-state index contributed by atoms with van der Waals surface area (Å²) in [5, 5.41) is 60.0. The molecule has 9 rings (SSSR count). The maximum Gasteiger partial charge on any atom is 0.338 e. The Bertz CT molecular complexity index is 2150. The van der Waals surface area contributed by atoms with Crippen LogP contribution in [0.4, 0.5) is 0 Å². The van der Waals surface area contributed by atoms with Gasteiger partial charge in [0.15, 0.2) is 30.9 Å². The van der Waals surface area contributed by atoms with Crippen LogP contribution in [0.3, 0.4) is 0 Å². The van der Waals surface area contributed by atoms with Crippen LogP contribution in [-0.2, 0) is 61.6 Å². The van der Waals surface area contributed by atoms with Crippen LogP contribution >= 0.6 is 0 Å². The Morgan fingerprint density at radius 1 is 0.649 bits per heavy atom. The first-order valence-corrected chi connectivity index (χ1v) is 26.9. The monoisotopic (exact) mass is 1050 g/mol. The van der Waals surface area contributed by atoms with Gasteiger partial charge >= 0.3 is 5.97 Å². The molecule has 5 N–H and O–H groups in total. The van der Waals surface area contributed by atoms with Crippen LogP contribution in [-0.4, -0.2) is 186 Å². The number of methoxy groups -OCH3 is 3. The summed E-state index contributed by atoms with van der Waals surface area (Å²) in [6, 6.07) is 8.48. The zero-order valence-electron chi connectivity index (χ0n) is 44.7. The Labute approximate surface area is 434 Å². The van der Waals surface area contributed by atoms with Crippen molar-refractivity contribution in [2.24, 2.45) is 16.7 Å². The summed E-state index contributed by atoms with van der Waals surface area (Å²) in [6.07, 6.45) is -6.00. The highest BCUT2D eigenvalue weighted by atomic mass is 16.8. The van der Waals surface area contributed by atoms with Crippen LogP contribution in [0.25, 0.3) is 0 Å². The lowest BCUT2D eigenvalue weighted by atomic mass is 9.42. The molecule has 0 spiro atoms. The molecule has 1 aromatic rings. The minimum Gasteiger partial charge on any atom is -0.458 e. The number of Topliss-reactive ketones (excluding diaryl/α,β-unsaturated/α-hetero) is 1. The number of aliphatic hydroxyl groups excluding tert-OH is 2. The Balaban J connectivity index is 0.799. The third-order valence-corrected chi connectivity index (χ3v) is 19.1. The fourth-order valence-electron chi connectivity index (χ4n) is 14.6. The third kappa shape index (κ3) is 9.67. The van der Waals surface area contributed by atoms with Gasteiger partial charge in [-0.1, -0.05) is 36.8 Å². The number of esters is 1. The van der Waals surface area contributed by atoms with E-state index in [0.29, 0.717) is 44.1 Å². The van der Waals surface area contributed by atoms with Crippen molar-refractivity contribution in [3.8, 4) is 0 Å². The average molecular weight is 1050 g/mol. The SMILES string of the molecule is COC1CC(OC2C(C)OC(OC3C(C)OC(OC4C(O)CC(OC5CCC6(C)C(=CCC7(O)C6CC(OC(=O)c6ccccc6)C6(C)C(O)(C(C)=O)CCC76O)C5)OC4C)CC3OC)CC2OC)OC(C)C1O. The number of ketones is 1. The van der Waals surface area contributed by atoms with Gasteiger partial charge in [-0.15, -0.1) is 0 Å². The predicted molar refractivity (Wildman–Crippen MR) is 261 cm³/mol. The molecule has 19 heteroatoms. The number of hydrogen-bond acceptors (Lipinski definition) is 19. The van der Waals surface area contributed by atoms with Gasteiger partial charge in [0, 0.05) is 52.9 Å². The second-order valence-electron chi connectivity index (χ2n) is 23.0.